The van der Waals surface area contributed by atoms with E-state index < -0.39 is 5.97 Å². The van der Waals surface area contributed by atoms with Crippen LogP contribution in [0.15, 0.2) is 24.3 Å². The molecule has 0 aliphatic carbocycles. The van der Waals surface area contributed by atoms with Crippen molar-refractivity contribution in [2.75, 3.05) is 0 Å². The topological polar surface area (TPSA) is 49.4 Å². The molecule has 0 radical (unpaired) electrons. The number of carbonyl (C=O) groups is 1. The van der Waals surface area contributed by atoms with E-state index in [4.69, 9.17) is 4.74 Å². The smallest absolute Gasteiger partial charge is 0.119 e. The summed E-state index contributed by atoms with van der Waals surface area (Å²) in [4.78, 5) is 10.4. The lowest BCUT2D eigenvalue weighted by atomic mass is 10.2. The van der Waals surface area contributed by atoms with Crippen LogP contribution in [0, 0.1) is 0 Å². The van der Waals surface area contributed by atoms with Gasteiger partial charge >= 0.3 is 0 Å². The van der Waals surface area contributed by atoms with Gasteiger partial charge in [0.15, 0.2) is 0 Å². The zero-order valence-corrected chi connectivity index (χ0v) is 7.61. The quantitative estimate of drug-likeness (QED) is 0.690. The molecule has 0 saturated carbocycles. The van der Waals surface area contributed by atoms with Crippen LogP contribution in [0.4, 0.5) is 0 Å². The highest BCUT2D eigenvalue weighted by Crippen LogP contribution is 2.13. The van der Waals surface area contributed by atoms with E-state index in [1.807, 2.05) is 13.8 Å². The highest BCUT2D eigenvalue weighted by atomic mass is 16.5. The second-order valence-corrected chi connectivity index (χ2v) is 2.98. The molecule has 1 aromatic carbocycles. The summed E-state index contributed by atoms with van der Waals surface area (Å²) in [5.41, 5.74) is 0.163. The van der Waals surface area contributed by atoms with Gasteiger partial charge in [0, 0.05) is 0 Å². The summed E-state index contributed by atoms with van der Waals surface area (Å²) in [6.07, 6.45) is 0.0915. The number of rotatable bonds is 3. The number of carboxylic acid groups (broad SMARTS) is 1. The minimum absolute atomic E-state index is 0.0915. The van der Waals surface area contributed by atoms with Gasteiger partial charge in [0.2, 0.25) is 0 Å². The Kier molecular flexibility index (Phi) is 2.90. The second-order valence-electron chi connectivity index (χ2n) is 2.98. The maximum absolute atomic E-state index is 10.4. The fourth-order valence-electron chi connectivity index (χ4n) is 0.942. The Morgan fingerprint density at radius 1 is 1.31 bits per heavy atom. The van der Waals surface area contributed by atoms with Gasteiger partial charge in [0.05, 0.1) is 12.1 Å². The summed E-state index contributed by atoms with van der Waals surface area (Å²) < 4.78 is 5.34. The van der Waals surface area contributed by atoms with Crippen LogP contribution in [-0.2, 0) is 0 Å². The van der Waals surface area contributed by atoms with Crippen LogP contribution in [-0.4, -0.2) is 12.1 Å². The monoisotopic (exact) mass is 179 g/mol. The maximum Gasteiger partial charge on any atom is 0.119 e. The summed E-state index contributed by atoms with van der Waals surface area (Å²) in [5.74, 6) is -0.504. The predicted octanol–water partition coefficient (Wildman–Crippen LogP) is 0.837. The molecule has 0 saturated heterocycles. The molecular formula is C10H11O3-. The van der Waals surface area contributed by atoms with Gasteiger partial charge in [-0.3, -0.25) is 0 Å². The van der Waals surface area contributed by atoms with Crippen LogP contribution < -0.4 is 9.84 Å². The third-order valence-corrected chi connectivity index (χ3v) is 1.46. The van der Waals surface area contributed by atoms with Crippen molar-refractivity contribution >= 4 is 5.97 Å². The van der Waals surface area contributed by atoms with Crippen molar-refractivity contribution in [1.29, 1.82) is 0 Å². The molecule has 0 unspecified atom stereocenters. The largest absolute Gasteiger partial charge is 0.545 e. The van der Waals surface area contributed by atoms with Crippen molar-refractivity contribution < 1.29 is 14.6 Å². The van der Waals surface area contributed by atoms with Gasteiger partial charge in [0.25, 0.3) is 0 Å². The third kappa shape index (κ3) is 2.78. The fraction of sp³-hybridized carbons (Fsp3) is 0.300. The first-order valence-electron chi connectivity index (χ1n) is 4.07. The molecule has 0 aliphatic rings. The summed E-state index contributed by atoms with van der Waals surface area (Å²) in [6, 6.07) is 6.16. The fourth-order valence-corrected chi connectivity index (χ4v) is 0.942. The number of ether oxygens (including phenoxy) is 1. The Morgan fingerprint density at radius 3 is 2.23 bits per heavy atom. The normalized spacial score (nSPS) is 10.1. The van der Waals surface area contributed by atoms with Crippen LogP contribution >= 0.6 is 0 Å². The molecule has 0 aliphatic heterocycles. The molecule has 0 bridgehead atoms. The first-order chi connectivity index (χ1) is 6.09. The number of carbonyl (C=O) groups excluding carboxylic acids is 1. The summed E-state index contributed by atoms with van der Waals surface area (Å²) in [6.45, 7) is 3.82. The van der Waals surface area contributed by atoms with Crippen molar-refractivity contribution in [3.05, 3.63) is 29.8 Å². The molecule has 1 aromatic rings. The zero-order valence-electron chi connectivity index (χ0n) is 7.61. The third-order valence-electron chi connectivity index (χ3n) is 1.46. The molecule has 0 atom stereocenters. The van der Waals surface area contributed by atoms with Gasteiger partial charge < -0.3 is 14.6 Å². The summed E-state index contributed by atoms with van der Waals surface area (Å²) in [7, 11) is 0. The lowest BCUT2D eigenvalue weighted by Crippen LogP contribution is -2.21. The molecule has 70 valence electrons. The van der Waals surface area contributed by atoms with Crippen molar-refractivity contribution in [2.24, 2.45) is 0 Å². The van der Waals surface area contributed by atoms with Gasteiger partial charge in [-0.1, -0.05) is 0 Å². The van der Waals surface area contributed by atoms with Crippen molar-refractivity contribution in [1.82, 2.24) is 0 Å². The van der Waals surface area contributed by atoms with Crippen LogP contribution in [0.2, 0.25) is 0 Å². The average Bonchev–Trinajstić information content (AvgIpc) is 2.04. The van der Waals surface area contributed by atoms with Crippen molar-refractivity contribution in [2.45, 2.75) is 20.0 Å². The second kappa shape index (κ2) is 3.94. The molecular weight excluding hydrogens is 168 g/mol. The average molecular weight is 179 g/mol. The van der Waals surface area contributed by atoms with Crippen LogP contribution in [0.25, 0.3) is 0 Å². The minimum Gasteiger partial charge on any atom is -0.545 e. The lowest BCUT2D eigenvalue weighted by Gasteiger charge is -2.10. The Hall–Kier alpha value is -1.51. The molecule has 13 heavy (non-hydrogen) atoms. The van der Waals surface area contributed by atoms with Gasteiger partial charge in [0.1, 0.15) is 5.75 Å². The Labute approximate surface area is 77.0 Å². The molecule has 0 amide bonds. The maximum atomic E-state index is 10.4. The van der Waals surface area contributed by atoms with E-state index in [0.717, 1.165) is 0 Å². The number of benzene rings is 1. The van der Waals surface area contributed by atoms with Crippen LogP contribution in [0.3, 0.4) is 0 Å². The van der Waals surface area contributed by atoms with Gasteiger partial charge in [-0.15, -0.1) is 0 Å². The minimum atomic E-state index is -1.17. The molecule has 3 nitrogen and oxygen atoms in total. The van der Waals surface area contributed by atoms with E-state index in [1.165, 1.54) is 12.1 Å². The Balaban J connectivity index is 2.75. The van der Waals surface area contributed by atoms with Crippen LogP contribution in [0.1, 0.15) is 24.2 Å². The number of aromatic carboxylic acids is 1. The SMILES string of the molecule is CC(C)Oc1ccc(C(=O)[O-])cc1. The predicted molar refractivity (Wildman–Crippen MR) is 46.5 cm³/mol. The van der Waals surface area contributed by atoms with Gasteiger partial charge in [-0.2, -0.15) is 0 Å². The Morgan fingerprint density at radius 2 is 1.85 bits per heavy atom. The zero-order chi connectivity index (χ0) is 9.84. The lowest BCUT2D eigenvalue weighted by molar-refractivity contribution is -0.255. The number of carboxylic acids is 1. The molecule has 0 heterocycles. The molecule has 3 heteroatoms. The molecule has 0 aromatic heterocycles. The van der Waals surface area contributed by atoms with E-state index >= 15 is 0 Å². The first kappa shape index (κ1) is 9.58. The summed E-state index contributed by atoms with van der Waals surface area (Å²) >= 11 is 0. The molecule has 0 spiro atoms. The van der Waals surface area contributed by atoms with E-state index in [1.54, 1.807) is 12.1 Å². The van der Waals surface area contributed by atoms with E-state index in [-0.39, 0.29) is 11.7 Å². The van der Waals surface area contributed by atoms with Crippen molar-refractivity contribution in [3.8, 4) is 5.75 Å². The molecule has 0 N–H and O–H groups in total. The summed E-state index contributed by atoms with van der Waals surface area (Å²) in [5, 5.41) is 10.4. The van der Waals surface area contributed by atoms with E-state index in [2.05, 4.69) is 0 Å². The van der Waals surface area contributed by atoms with Crippen LogP contribution in [0.5, 0.6) is 5.75 Å². The number of hydrogen-bond donors (Lipinski definition) is 0. The van der Waals surface area contributed by atoms with Gasteiger partial charge in [-0.25, -0.2) is 0 Å². The molecule has 0 fully saturated rings. The highest BCUT2D eigenvalue weighted by molar-refractivity contribution is 5.85. The van der Waals surface area contributed by atoms with Gasteiger partial charge in [-0.05, 0) is 43.7 Å². The standard InChI is InChI=1S/C10H12O3/c1-7(2)13-9-5-3-8(4-6-9)10(11)12/h3-7H,1-2H3,(H,11,12)/p-1. The van der Waals surface area contributed by atoms with E-state index in [9.17, 15) is 9.90 Å². The molecule has 1 rings (SSSR count). The highest BCUT2D eigenvalue weighted by Gasteiger charge is 1.97. The van der Waals surface area contributed by atoms with Crippen molar-refractivity contribution in [3.63, 3.8) is 0 Å². The number of hydrogen-bond acceptors (Lipinski definition) is 3. The Bertz CT molecular complexity index is 288. The van der Waals surface area contributed by atoms with E-state index in [0.29, 0.717) is 5.75 Å². The first-order valence-corrected chi connectivity index (χ1v) is 4.07.